The molecular formula is C2N2PbS2-2. The van der Waals surface area contributed by atoms with Gasteiger partial charge in [-0.2, -0.15) is 0 Å². The van der Waals surface area contributed by atoms with Gasteiger partial charge in [0.05, 0.1) is 0 Å². The Kier molecular flexibility index (Phi) is 73.8. The predicted octanol–water partition coefficient (Wildman–Crippen LogP) is -0.352. The molecule has 0 N–H and O–H groups in total. The van der Waals surface area contributed by atoms with Crippen molar-refractivity contribution in [2.24, 2.45) is 0 Å². The van der Waals surface area contributed by atoms with Gasteiger partial charge < -0.3 is 25.3 Å². The summed E-state index contributed by atoms with van der Waals surface area (Å²) in [6.45, 7) is 0. The van der Waals surface area contributed by atoms with E-state index in [1.54, 1.807) is 0 Å². The summed E-state index contributed by atoms with van der Waals surface area (Å²) in [6.07, 6.45) is 0. The van der Waals surface area contributed by atoms with E-state index in [0.717, 1.165) is 0 Å². The molecule has 5 heteroatoms. The largest absolute Gasteiger partial charge is 0.696 e. The summed E-state index contributed by atoms with van der Waals surface area (Å²) in [5.74, 6) is 0. The quantitative estimate of drug-likeness (QED) is 0.347. The maximum Gasteiger partial charge on any atom is 0 e. The topological polar surface area (TPSA) is 47.6 Å². The van der Waals surface area contributed by atoms with Crippen molar-refractivity contribution in [3.8, 4) is 10.8 Å². The summed E-state index contributed by atoms with van der Waals surface area (Å²) >= 11 is 7.40. The minimum absolute atomic E-state index is 0. The van der Waals surface area contributed by atoms with Gasteiger partial charge in [0.25, 0.3) is 0 Å². The molecule has 0 aromatic carbocycles. The second kappa shape index (κ2) is 33.0. The zero-order valence-corrected chi connectivity index (χ0v) is 8.73. The Morgan fingerprint density at radius 1 is 1.00 bits per heavy atom. The molecule has 4 radical (unpaired) electrons. The summed E-state index contributed by atoms with van der Waals surface area (Å²) < 4.78 is 0. The smallest absolute Gasteiger partial charge is 0 e. The Morgan fingerprint density at radius 2 is 1.00 bits per heavy atom. The van der Waals surface area contributed by atoms with E-state index >= 15 is 0 Å². The van der Waals surface area contributed by atoms with E-state index < -0.39 is 0 Å². The van der Waals surface area contributed by atoms with E-state index in [-0.39, 0.29) is 27.3 Å². The Labute approximate surface area is 73.5 Å². The van der Waals surface area contributed by atoms with Crippen LogP contribution in [0.4, 0.5) is 0 Å². The molecule has 0 heterocycles. The van der Waals surface area contributed by atoms with Crippen molar-refractivity contribution in [2.45, 2.75) is 0 Å². The zero-order chi connectivity index (χ0) is 5.41. The van der Waals surface area contributed by atoms with E-state index in [9.17, 15) is 0 Å². The molecule has 2 nitrogen and oxygen atoms in total. The molecule has 0 aromatic heterocycles. The molecule has 0 aromatic rings. The van der Waals surface area contributed by atoms with Crippen LogP contribution < -0.4 is 0 Å². The molecule has 0 fully saturated rings. The van der Waals surface area contributed by atoms with Crippen LogP contribution in [0.15, 0.2) is 0 Å². The number of thiocyanates is 2. The van der Waals surface area contributed by atoms with Gasteiger partial charge in [-0.05, 0) is 0 Å². The minimum atomic E-state index is 0. The SMILES string of the molecule is N#C[S-].N#C[S-].[Pb]. The van der Waals surface area contributed by atoms with Crippen LogP contribution in [0.3, 0.4) is 0 Å². The standard InChI is InChI=1S/2CHNS.Pb/c2*2-1-3;/h2*3H;/p-2. The third-order valence-corrected chi connectivity index (χ3v) is 0. The van der Waals surface area contributed by atoms with Crippen molar-refractivity contribution in [1.82, 2.24) is 0 Å². The van der Waals surface area contributed by atoms with Gasteiger partial charge in [0.15, 0.2) is 0 Å². The predicted molar refractivity (Wildman–Crippen MR) is 31.7 cm³/mol. The fourth-order valence-corrected chi connectivity index (χ4v) is 0. The molecule has 0 saturated carbocycles. The second-order valence-corrected chi connectivity index (χ2v) is 0.548. The molecule has 0 amide bonds. The van der Waals surface area contributed by atoms with Crippen LogP contribution in [0, 0.1) is 21.3 Å². The fourth-order valence-electron chi connectivity index (χ4n) is 0. The van der Waals surface area contributed by atoms with E-state index in [2.05, 4.69) is 25.3 Å². The average molecular weight is 323 g/mol. The van der Waals surface area contributed by atoms with Crippen LogP contribution in [0.25, 0.3) is 0 Å². The van der Waals surface area contributed by atoms with Gasteiger partial charge in [0.2, 0.25) is 0 Å². The first-order valence-electron chi connectivity index (χ1n) is 0.855. The van der Waals surface area contributed by atoms with Gasteiger partial charge in [-0.3, -0.25) is 0 Å². The normalized spacial score (nSPS) is 2.00. The maximum atomic E-state index is 7.13. The van der Waals surface area contributed by atoms with E-state index in [0.29, 0.717) is 0 Å². The van der Waals surface area contributed by atoms with Gasteiger partial charge in [-0.1, -0.05) is 10.8 Å². The Morgan fingerprint density at radius 3 is 1.00 bits per heavy atom. The summed E-state index contributed by atoms with van der Waals surface area (Å²) in [6, 6.07) is 0. The van der Waals surface area contributed by atoms with Crippen LogP contribution in [0.2, 0.25) is 0 Å². The number of nitriles is 2. The van der Waals surface area contributed by atoms with E-state index in [4.69, 9.17) is 10.5 Å². The number of rotatable bonds is 0. The van der Waals surface area contributed by atoms with Gasteiger partial charge in [0.1, 0.15) is 0 Å². The molecule has 0 unspecified atom stereocenters. The maximum absolute atomic E-state index is 7.13. The van der Waals surface area contributed by atoms with Gasteiger partial charge in [0, 0.05) is 27.3 Å². The minimum Gasteiger partial charge on any atom is -0.696 e. The second-order valence-electron chi connectivity index (χ2n) is 0.183. The van der Waals surface area contributed by atoms with Crippen LogP contribution >= 0.6 is 0 Å². The van der Waals surface area contributed by atoms with Gasteiger partial charge in [-0.25, -0.2) is 10.5 Å². The first kappa shape index (κ1) is 15.7. The van der Waals surface area contributed by atoms with Crippen molar-refractivity contribution < 1.29 is 0 Å². The van der Waals surface area contributed by atoms with Gasteiger partial charge in [-0.15, -0.1) is 0 Å². The number of hydrogen-bond acceptors (Lipinski definition) is 4. The Hall–Kier alpha value is 0.342. The van der Waals surface area contributed by atoms with Crippen LogP contribution in [0.1, 0.15) is 0 Å². The van der Waals surface area contributed by atoms with Crippen LogP contribution in [-0.4, -0.2) is 27.3 Å². The fraction of sp³-hybridized carbons (Fsp3) is 0. The summed E-state index contributed by atoms with van der Waals surface area (Å²) in [5, 5.41) is 16.9. The molecule has 7 heavy (non-hydrogen) atoms. The van der Waals surface area contributed by atoms with Crippen molar-refractivity contribution in [1.29, 1.82) is 10.5 Å². The molecule has 0 rings (SSSR count). The summed E-state index contributed by atoms with van der Waals surface area (Å²) in [5.41, 5.74) is 0. The zero-order valence-electron chi connectivity index (χ0n) is 3.21. The summed E-state index contributed by atoms with van der Waals surface area (Å²) in [4.78, 5) is 0. The number of hydrogen-bond donors (Lipinski definition) is 0. The monoisotopic (exact) mass is 324 g/mol. The molecule has 0 aliphatic rings. The van der Waals surface area contributed by atoms with Crippen molar-refractivity contribution in [3.63, 3.8) is 0 Å². The third kappa shape index (κ3) is 1020. The molecule has 0 aliphatic carbocycles. The first-order valence-corrected chi connectivity index (χ1v) is 1.67. The van der Waals surface area contributed by atoms with Gasteiger partial charge >= 0.3 is 0 Å². The molecule has 0 atom stereocenters. The third-order valence-electron chi connectivity index (χ3n) is 0. The Bertz CT molecular complexity index is 68.7. The molecule has 0 bridgehead atoms. The van der Waals surface area contributed by atoms with Crippen molar-refractivity contribution in [2.75, 3.05) is 0 Å². The van der Waals surface area contributed by atoms with Crippen molar-refractivity contribution in [3.05, 3.63) is 0 Å². The number of nitrogens with zero attached hydrogens (tertiary/aromatic N) is 2. The first-order chi connectivity index (χ1) is 2.83. The van der Waals surface area contributed by atoms with Crippen molar-refractivity contribution >= 4 is 52.6 Å². The average Bonchev–Trinajstić information content (AvgIpc) is 1.39. The molecular weight excluding hydrogens is 323 g/mol. The van der Waals surface area contributed by atoms with E-state index in [1.165, 1.54) is 10.8 Å². The molecule has 36 valence electrons. The Balaban J connectivity index is -0.0000000400. The van der Waals surface area contributed by atoms with Crippen LogP contribution in [-0.2, 0) is 25.3 Å². The van der Waals surface area contributed by atoms with E-state index in [1.807, 2.05) is 0 Å². The molecule has 0 aliphatic heterocycles. The summed E-state index contributed by atoms with van der Waals surface area (Å²) in [7, 11) is 0. The molecule has 0 saturated heterocycles. The van der Waals surface area contributed by atoms with Crippen LogP contribution in [0.5, 0.6) is 0 Å². The molecule has 0 spiro atoms.